The molecule has 0 radical (unpaired) electrons. The van der Waals surface area contributed by atoms with E-state index in [9.17, 15) is 22.4 Å². The number of anilines is 1. The lowest BCUT2D eigenvalue weighted by Gasteiger charge is -2.15. The SMILES string of the molecule is CN(C(=O)OC=S)c1c(C(F)(F)F)nn(C)c1F.Cl. The minimum atomic E-state index is -4.90. The molecule has 0 aromatic carbocycles. The standard InChI is InChI=1S/C8H7F4N3O2S.ClH/c1-14(7(16)17-3-18)4-5(8(10,11)12)13-15(2)6(4)9;/h3H,1-2H3;1H. The number of aryl methyl sites for hydroxylation is 1. The lowest BCUT2D eigenvalue weighted by atomic mass is 10.3. The summed E-state index contributed by atoms with van der Waals surface area (Å²) in [5, 5.41) is 2.98. The van der Waals surface area contributed by atoms with Crippen molar-refractivity contribution in [3.05, 3.63) is 11.6 Å². The average Bonchev–Trinajstić information content (AvgIpc) is 2.55. The van der Waals surface area contributed by atoms with Crippen LogP contribution in [0.2, 0.25) is 0 Å². The highest BCUT2D eigenvalue weighted by molar-refractivity contribution is 7.78. The molecule has 0 aliphatic rings. The molecule has 1 heterocycles. The van der Waals surface area contributed by atoms with Crippen LogP contribution in [0.1, 0.15) is 5.69 Å². The molecule has 0 N–H and O–H groups in total. The van der Waals surface area contributed by atoms with Gasteiger partial charge in [0.05, 0.1) is 0 Å². The number of hydrogen-bond donors (Lipinski definition) is 0. The summed E-state index contributed by atoms with van der Waals surface area (Å²) in [7, 11) is 1.89. The molecule has 108 valence electrons. The van der Waals surface area contributed by atoms with Gasteiger partial charge >= 0.3 is 12.3 Å². The molecule has 0 fully saturated rings. The van der Waals surface area contributed by atoms with Crippen molar-refractivity contribution >= 4 is 42.0 Å². The molecule has 1 amide bonds. The highest BCUT2D eigenvalue weighted by Gasteiger charge is 2.41. The maximum atomic E-state index is 13.5. The van der Waals surface area contributed by atoms with E-state index in [1.54, 1.807) is 0 Å². The van der Waals surface area contributed by atoms with Gasteiger partial charge < -0.3 is 4.74 Å². The van der Waals surface area contributed by atoms with E-state index in [1.165, 1.54) is 0 Å². The van der Waals surface area contributed by atoms with Gasteiger partial charge in [0, 0.05) is 14.1 Å². The topological polar surface area (TPSA) is 47.4 Å². The Morgan fingerprint density at radius 2 is 2.05 bits per heavy atom. The molecule has 5 nitrogen and oxygen atoms in total. The summed E-state index contributed by atoms with van der Waals surface area (Å²) in [4.78, 5) is 11.6. The number of carbonyl (C=O) groups is 1. The minimum absolute atomic E-state index is 0. The number of carbonyl (C=O) groups excluding carboxylic acids is 1. The summed E-state index contributed by atoms with van der Waals surface area (Å²) in [5.41, 5.74) is -1.99. The van der Waals surface area contributed by atoms with Gasteiger partial charge in [-0.2, -0.15) is 22.7 Å². The third kappa shape index (κ3) is 3.53. The van der Waals surface area contributed by atoms with Crippen LogP contribution < -0.4 is 4.90 Å². The Kier molecular flexibility index (Phi) is 5.69. The lowest BCUT2D eigenvalue weighted by molar-refractivity contribution is -0.140. The Morgan fingerprint density at radius 3 is 2.47 bits per heavy atom. The van der Waals surface area contributed by atoms with E-state index in [4.69, 9.17) is 0 Å². The highest BCUT2D eigenvalue weighted by Crippen LogP contribution is 2.36. The second-order valence-corrected chi connectivity index (χ2v) is 3.34. The fourth-order valence-corrected chi connectivity index (χ4v) is 1.27. The number of halogens is 5. The number of ether oxygens (including phenoxy) is 1. The molecule has 1 rings (SSSR count). The molecule has 0 aliphatic carbocycles. The van der Waals surface area contributed by atoms with Crippen molar-refractivity contribution in [2.75, 3.05) is 11.9 Å². The number of thiocarbonyl (C=S) groups is 1. The predicted octanol–water partition coefficient (Wildman–Crippen LogP) is 2.53. The van der Waals surface area contributed by atoms with E-state index < -0.39 is 29.6 Å². The molecule has 0 aliphatic heterocycles. The number of aromatic nitrogens is 2. The Morgan fingerprint density at radius 1 is 1.53 bits per heavy atom. The maximum absolute atomic E-state index is 13.5. The van der Waals surface area contributed by atoms with Crippen molar-refractivity contribution in [3.8, 4) is 0 Å². The summed E-state index contributed by atoms with van der Waals surface area (Å²) >= 11 is 4.21. The van der Waals surface area contributed by atoms with Crippen LogP contribution in [0.15, 0.2) is 0 Å². The predicted molar refractivity (Wildman–Crippen MR) is 64.0 cm³/mol. The Bertz CT molecular complexity index is 491. The highest BCUT2D eigenvalue weighted by atomic mass is 35.5. The largest absolute Gasteiger partial charge is 0.437 e. The maximum Gasteiger partial charge on any atom is 0.437 e. The van der Waals surface area contributed by atoms with Crippen LogP contribution in [-0.4, -0.2) is 28.5 Å². The quantitative estimate of drug-likeness (QED) is 0.620. The normalized spacial score (nSPS) is 10.6. The fourth-order valence-electron chi connectivity index (χ4n) is 1.19. The Labute approximate surface area is 116 Å². The van der Waals surface area contributed by atoms with Crippen LogP contribution in [0.4, 0.5) is 28.0 Å². The van der Waals surface area contributed by atoms with E-state index in [2.05, 4.69) is 22.1 Å². The van der Waals surface area contributed by atoms with Crippen LogP contribution in [0.5, 0.6) is 0 Å². The van der Waals surface area contributed by atoms with Gasteiger partial charge in [-0.3, -0.25) is 4.90 Å². The van der Waals surface area contributed by atoms with E-state index in [0.717, 1.165) is 14.1 Å². The number of alkyl halides is 3. The molecule has 1 aromatic heterocycles. The zero-order valence-electron chi connectivity index (χ0n) is 9.56. The number of rotatable bonds is 2. The van der Waals surface area contributed by atoms with Gasteiger partial charge in [0.15, 0.2) is 11.2 Å². The van der Waals surface area contributed by atoms with Crippen molar-refractivity contribution in [3.63, 3.8) is 0 Å². The van der Waals surface area contributed by atoms with Crippen LogP contribution >= 0.6 is 24.6 Å². The minimum Gasteiger partial charge on any atom is -0.406 e. The molecule has 1 aromatic rings. The first-order chi connectivity index (χ1) is 8.20. The smallest absolute Gasteiger partial charge is 0.406 e. The molecule has 0 saturated carbocycles. The number of hydrogen-bond acceptors (Lipinski definition) is 4. The van der Waals surface area contributed by atoms with Crippen molar-refractivity contribution in [2.24, 2.45) is 7.05 Å². The monoisotopic (exact) mass is 321 g/mol. The average molecular weight is 322 g/mol. The molecule has 19 heavy (non-hydrogen) atoms. The second-order valence-electron chi connectivity index (χ2n) is 3.15. The van der Waals surface area contributed by atoms with Crippen LogP contribution in [0.3, 0.4) is 0 Å². The van der Waals surface area contributed by atoms with Crippen molar-refractivity contribution in [1.29, 1.82) is 0 Å². The van der Waals surface area contributed by atoms with E-state index in [-0.39, 0.29) is 12.4 Å². The van der Waals surface area contributed by atoms with Gasteiger partial charge in [0.1, 0.15) is 5.69 Å². The van der Waals surface area contributed by atoms with E-state index in [0.29, 0.717) is 15.1 Å². The molecule has 0 bridgehead atoms. The summed E-state index contributed by atoms with van der Waals surface area (Å²) < 4.78 is 55.9. The zero-order valence-corrected chi connectivity index (χ0v) is 11.2. The third-order valence-corrected chi connectivity index (χ3v) is 2.08. The lowest BCUT2D eigenvalue weighted by Crippen LogP contribution is -2.29. The van der Waals surface area contributed by atoms with Gasteiger partial charge in [0.25, 0.3) is 0 Å². The summed E-state index contributed by atoms with van der Waals surface area (Å²) in [6.07, 6.45) is -6.15. The first-order valence-electron chi connectivity index (χ1n) is 4.37. The zero-order chi connectivity index (χ0) is 14.1. The summed E-state index contributed by atoms with van der Waals surface area (Å²) in [6, 6.07) is 0. The van der Waals surface area contributed by atoms with Crippen molar-refractivity contribution < 1.29 is 27.1 Å². The first-order valence-corrected chi connectivity index (χ1v) is 4.85. The Hall–Kier alpha value is -1.42. The van der Waals surface area contributed by atoms with Gasteiger partial charge in [-0.05, 0) is 12.2 Å². The van der Waals surface area contributed by atoms with Gasteiger partial charge in [-0.1, -0.05) is 0 Å². The molecule has 0 unspecified atom stereocenters. The number of nitrogens with zero attached hydrogens (tertiary/aromatic N) is 3. The van der Waals surface area contributed by atoms with Crippen molar-refractivity contribution in [1.82, 2.24) is 9.78 Å². The van der Waals surface area contributed by atoms with Crippen LogP contribution in [0.25, 0.3) is 0 Å². The van der Waals surface area contributed by atoms with Crippen LogP contribution in [-0.2, 0) is 18.0 Å². The molecule has 11 heteroatoms. The fraction of sp³-hybridized carbons (Fsp3) is 0.375. The first kappa shape index (κ1) is 17.6. The molecule has 0 spiro atoms. The summed E-state index contributed by atoms with van der Waals surface area (Å²) in [5.74, 6) is -1.31. The van der Waals surface area contributed by atoms with Gasteiger partial charge in [0.2, 0.25) is 5.95 Å². The molecule has 0 atom stereocenters. The van der Waals surface area contributed by atoms with Crippen molar-refractivity contribution in [2.45, 2.75) is 6.18 Å². The third-order valence-electron chi connectivity index (χ3n) is 1.98. The Balaban J connectivity index is 0.00000324. The molecular weight excluding hydrogens is 314 g/mol. The molecular formula is C8H8ClF4N3O2S. The van der Waals surface area contributed by atoms with Gasteiger partial charge in [-0.15, -0.1) is 12.4 Å². The van der Waals surface area contributed by atoms with E-state index in [1.807, 2.05) is 0 Å². The number of amides is 1. The van der Waals surface area contributed by atoms with Crippen LogP contribution in [0, 0.1) is 5.95 Å². The van der Waals surface area contributed by atoms with E-state index >= 15 is 0 Å². The summed E-state index contributed by atoms with van der Waals surface area (Å²) in [6.45, 7) is 0. The van der Waals surface area contributed by atoms with Gasteiger partial charge in [-0.25, -0.2) is 9.48 Å². The second kappa shape index (κ2) is 6.15. The molecule has 0 saturated heterocycles.